The van der Waals surface area contributed by atoms with Gasteiger partial charge in [0.15, 0.2) is 0 Å². The minimum Gasteiger partial charge on any atom is -0.265 e. The predicted molar refractivity (Wildman–Crippen MR) is 69.7 cm³/mol. The number of aromatic nitrogens is 2. The molecular weight excluding hydrogens is 208 g/mol. The average Bonchev–Trinajstić information content (AvgIpc) is 2.39. The molecule has 2 aromatic heterocycles. The molecule has 0 aliphatic rings. The van der Waals surface area contributed by atoms with Gasteiger partial charge in [0.1, 0.15) is 0 Å². The van der Waals surface area contributed by atoms with Gasteiger partial charge >= 0.3 is 0 Å². The van der Waals surface area contributed by atoms with Crippen LogP contribution in [-0.4, -0.2) is 9.97 Å². The number of nitrogens with zero attached hydrogens (tertiary/aromatic N) is 2. The monoisotopic (exact) mass is 220 g/mol. The molecule has 0 fully saturated rings. The van der Waals surface area contributed by atoms with Crippen LogP contribution >= 0.6 is 0 Å². The number of benzene rings is 1. The van der Waals surface area contributed by atoms with Gasteiger partial charge in [0.05, 0.1) is 5.52 Å². The maximum absolute atomic E-state index is 4.39. The third kappa shape index (κ3) is 1.78. The Morgan fingerprint density at radius 3 is 2.53 bits per heavy atom. The summed E-state index contributed by atoms with van der Waals surface area (Å²) in [5.74, 6) is 0. The number of hydrogen-bond acceptors (Lipinski definition) is 2. The molecule has 82 valence electrons. The summed E-state index contributed by atoms with van der Waals surface area (Å²) >= 11 is 0. The minimum absolute atomic E-state index is 1.03. The first-order chi connectivity index (χ1) is 8.34. The van der Waals surface area contributed by atoms with Crippen LogP contribution < -0.4 is 0 Å². The summed E-state index contributed by atoms with van der Waals surface area (Å²) in [5, 5.41) is 1.19. The summed E-state index contributed by atoms with van der Waals surface area (Å²) in [5.41, 5.74) is 4.67. The van der Waals surface area contributed by atoms with Gasteiger partial charge in [-0.05, 0) is 48.4 Å². The number of rotatable bonds is 1. The van der Waals surface area contributed by atoms with E-state index >= 15 is 0 Å². The second-order valence-electron chi connectivity index (χ2n) is 4.12. The Kier molecular flexibility index (Phi) is 2.33. The van der Waals surface area contributed by atoms with Gasteiger partial charge in [0.25, 0.3) is 0 Å². The molecule has 0 amide bonds. The summed E-state index contributed by atoms with van der Waals surface area (Å²) in [4.78, 5) is 8.45. The highest BCUT2D eigenvalue weighted by Crippen LogP contribution is 2.27. The van der Waals surface area contributed by atoms with Crippen LogP contribution in [0.25, 0.3) is 22.0 Å². The first-order valence-corrected chi connectivity index (χ1v) is 5.60. The van der Waals surface area contributed by atoms with Crippen molar-refractivity contribution in [3.05, 3.63) is 60.6 Å². The number of aryl methyl sites for hydroxylation is 1. The van der Waals surface area contributed by atoms with Gasteiger partial charge in [-0.15, -0.1) is 0 Å². The fourth-order valence-electron chi connectivity index (χ4n) is 2.04. The highest BCUT2D eigenvalue weighted by Gasteiger charge is 2.04. The Morgan fingerprint density at radius 2 is 1.71 bits per heavy atom. The second-order valence-corrected chi connectivity index (χ2v) is 4.12. The third-order valence-electron chi connectivity index (χ3n) is 2.89. The maximum atomic E-state index is 4.39. The smallest absolute Gasteiger partial charge is 0.0708 e. The molecule has 2 heteroatoms. The van der Waals surface area contributed by atoms with Crippen molar-refractivity contribution < 1.29 is 0 Å². The third-order valence-corrected chi connectivity index (χ3v) is 2.89. The van der Waals surface area contributed by atoms with Crippen LogP contribution in [0.15, 0.2) is 55.0 Å². The van der Waals surface area contributed by atoms with E-state index in [4.69, 9.17) is 0 Å². The van der Waals surface area contributed by atoms with Crippen molar-refractivity contribution in [2.75, 3.05) is 0 Å². The molecule has 0 saturated heterocycles. The second kappa shape index (κ2) is 3.98. The van der Waals surface area contributed by atoms with Gasteiger partial charge < -0.3 is 0 Å². The molecule has 0 radical (unpaired) electrons. The van der Waals surface area contributed by atoms with E-state index in [1.165, 1.54) is 22.1 Å². The van der Waals surface area contributed by atoms with Crippen molar-refractivity contribution in [2.45, 2.75) is 6.92 Å². The van der Waals surface area contributed by atoms with Gasteiger partial charge in [0.2, 0.25) is 0 Å². The van der Waals surface area contributed by atoms with Gasteiger partial charge in [-0.25, -0.2) is 0 Å². The zero-order valence-corrected chi connectivity index (χ0v) is 9.59. The number of hydrogen-bond donors (Lipinski definition) is 0. The number of fused-ring (bicyclic) bond motifs is 1. The van der Waals surface area contributed by atoms with E-state index in [1.807, 2.05) is 30.7 Å². The molecular formula is C15H12N2. The highest BCUT2D eigenvalue weighted by molar-refractivity contribution is 5.94. The fourth-order valence-corrected chi connectivity index (χ4v) is 2.04. The fraction of sp³-hybridized carbons (Fsp3) is 0.0667. The van der Waals surface area contributed by atoms with Crippen LogP contribution in [0, 0.1) is 6.92 Å². The molecule has 2 nitrogen and oxygen atoms in total. The lowest BCUT2D eigenvalue weighted by molar-refractivity contribution is 1.33. The van der Waals surface area contributed by atoms with Gasteiger partial charge in [-0.1, -0.05) is 11.6 Å². The van der Waals surface area contributed by atoms with E-state index in [2.05, 4.69) is 41.2 Å². The Balaban J connectivity index is 2.33. The lowest BCUT2D eigenvalue weighted by atomic mass is 10.0. The quantitative estimate of drug-likeness (QED) is 0.626. The van der Waals surface area contributed by atoms with Gasteiger partial charge in [-0.3, -0.25) is 9.97 Å². The average molecular weight is 220 g/mol. The van der Waals surface area contributed by atoms with E-state index in [0.717, 1.165) is 5.52 Å². The summed E-state index contributed by atoms with van der Waals surface area (Å²) in [6.07, 6.45) is 5.49. The largest absolute Gasteiger partial charge is 0.265 e. The Morgan fingerprint density at radius 1 is 0.882 bits per heavy atom. The SMILES string of the molecule is Cc1ccc2nccc(-c3ccncc3)c2c1. The lowest BCUT2D eigenvalue weighted by Gasteiger charge is -2.06. The highest BCUT2D eigenvalue weighted by atomic mass is 14.6. The summed E-state index contributed by atoms with van der Waals surface area (Å²) in [7, 11) is 0. The normalized spacial score (nSPS) is 10.6. The van der Waals surface area contributed by atoms with Crippen molar-refractivity contribution in [2.24, 2.45) is 0 Å². The summed E-state index contributed by atoms with van der Waals surface area (Å²) in [6, 6.07) is 12.4. The Bertz CT molecular complexity index is 660. The minimum atomic E-state index is 1.03. The van der Waals surface area contributed by atoms with E-state index < -0.39 is 0 Å². The van der Waals surface area contributed by atoms with Crippen LogP contribution in [0.1, 0.15) is 5.56 Å². The van der Waals surface area contributed by atoms with Crippen molar-refractivity contribution >= 4 is 10.9 Å². The molecule has 0 bridgehead atoms. The van der Waals surface area contributed by atoms with Crippen LogP contribution in [0.5, 0.6) is 0 Å². The molecule has 2 heterocycles. The van der Waals surface area contributed by atoms with E-state index in [1.54, 1.807) is 0 Å². The Labute approximate surface area is 100.0 Å². The Hall–Kier alpha value is -2.22. The molecule has 0 spiro atoms. The number of pyridine rings is 2. The first kappa shape index (κ1) is 9.97. The van der Waals surface area contributed by atoms with Crippen molar-refractivity contribution in [1.82, 2.24) is 9.97 Å². The van der Waals surface area contributed by atoms with Gasteiger partial charge in [0, 0.05) is 24.0 Å². The van der Waals surface area contributed by atoms with Crippen LogP contribution in [0.4, 0.5) is 0 Å². The summed E-state index contributed by atoms with van der Waals surface area (Å²) < 4.78 is 0. The van der Waals surface area contributed by atoms with E-state index in [0.29, 0.717) is 0 Å². The lowest BCUT2D eigenvalue weighted by Crippen LogP contribution is -1.85. The molecule has 0 atom stereocenters. The summed E-state index contributed by atoms with van der Waals surface area (Å²) in [6.45, 7) is 2.10. The van der Waals surface area contributed by atoms with E-state index in [9.17, 15) is 0 Å². The zero-order valence-electron chi connectivity index (χ0n) is 9.59. The standard InChI is InChI=1S/C15H12N2/c1-11-2-3-15-14(10-11)13(6-9-17-15)12-4-7-16-8-5-12/h2-10H,1H3. The molecule has 1 aromatic carbocycles. The maximum Gasteiger partial charge on any atom is 0.0708 e. The zero-order chi connectivity index (χ0) is 11.7. The molecule has 3 aromatic rings. The van der Waals surface area contributed by atoms with Crippen molar-refractivity contribution in [3.8, 4) is 11.1 Å². The van der Waals surface area contributed by atoms with Crippen molar-refractivity contribution in [3.63, 3.8) is 0 Å². The van der Waals surface area contributed by atoms with Crippen LogP contribution in [0.2, 0.25) is 0 Å². The van der Waals surface area contributed by atoms with Crippen LogP contribution in [-0.2, 0) is 0 Å². The van der Waals surface area contributed by atoms with Gasteiger partial charge in [-0.2, -0.15) is 0 Å². The predicted octanol–water partition coefficient (Wildman–Crippen LogP) is 3.61. The molecule has 0 N–H and O–H groups in total. The molecule has 0 aliphatic heterocycles. The molecule has 3 rings (SSSR count). The first-order valence-electron chi connectivity index (χ1n) is 5.60. The van der Waals surface area contributed by atoms with Crippen molar-refractivity contribution in [1.29, 1.82) is 0 Å². The topological polar surface area (TPSA) is 25.8 Å². The molecule has 0 saturated carbocycles. The van der Waals surface area contributed by atoms with Crippen LogP contribution in [0.3, 0.4) is 0 Å². The molecule has 0 aliphatic carbocycles. The molecule has 0 unspecified atom stereocenters. The van der Waals surface area contributed by atoms with E-state index in [-0.39, 0.29) is 0 Å². The molecule has 17 heavy (non-hydrogen) atoms.